The third-order valence-electron chi connectivity index (χ3n) is 6.46. The van der Waals surface area contributed by atoms with Gasteiger partial charge in [-0.1, -0.05) is 24.3 Å². The molecule has 1 aromatic heterocycles. The van der Waals surface area contributed by atoms with Crippen molar-refractivity contribution in [2.45, 2.75) is 45.8 Å². The molecule has 1 atom stereocenters. The first-order chi connectivity index (χ1) is 16.7. The molecule has 0 aliphatic carbocycles. The van der Waals surface area contributed by atoms with Crippen LogP contribution in [0.1, 0.15) is 43.6 Å². The van der Waals surface area contributed by atoms with Gasteiger partial charge in [0.1, 0.15) is 11.5 Å². The first-order valence-corrected chi connectivity index (χ1v) is 11.7. The predicted molar refractivity (Wildman–Crippen MR) is 136 cm³/mol. The lowest BCUT2D eigenvalue weighted by atomic mass is 9.85. The molecule has 35 heavy (non-hydrogen) atoms. The fraction of sp³-hybridized carbons (Fsp3) is 0.310. The number of hydrogen-bond acceptors (Lipinski definition) is 5. The number of carboxylic acid groups (broad SMARTS) is 1. The minimum Gasteiger partial charge on any atom is -0.496 e. The summed E-state index contributed by atoms with van der Waals surface area (Å²) in [7, 11) is 1.61. The third kappa shape index (κ3) is 3.88. The Morgan fingerprint density at radius 3 is 2.54 bits per heavy atom. The second-order valence-electron chi connectivity index (χ2n) is 9.84. The lowest BCUT2D eigenvalue weighted by Crippen LogP contribution is -2.28. The third-order valence-corrected chi connectivity index (χ3v) is 6.46. The van der Waals surface area contributed by atoms with Crippen LogP contribution in [0.15, 0.2) is 48.7 Å². The van der Waals surface area contributed by atoms with Crippen molar-refractivity contribution in [3.63, 3.8) is 0 Å². The van der Waals surface area contributed by atoms with Crippen LogP contribution < -0.4 is 9.47 Å². The van der Waals surface area contributed by atoms with Gasteiger partial charge in [-0.05, 0) is 68.0 Å². The van der Waals surface area contributed by atoms with Crippen LogP contribution in [0.3, 0.4) is 0 Å². The van der Waals surface area contributed by atoms with E-state index in [-0.39, 0.29) is 0 Å². The smallest absolute Gasteiger partial charge is 0.337 e. The van der Waals surface area contributed by atoms with Gasteiger partial charge in [0.25, 0.3) is 0 Å². The van der Waals surface area contributed by atoms with Crippen molar-refractivity contribution in [1.29, 1.82) is 0 Å². The van der Waals surface area contributed by atoms with Crippen molar-refractivity contribution in [2.75, 3.05) is 13.7 Å². The van der Waals surface area contributed by atoms with E-state index in [2.05, 4.69) is 0 Å². The van der Waals surface area contributed by atoms with Gasteiger partial charge in [-0.15, -0.1) is 0 Å². The van der Waals surface area contributed by atoms with E-state index in [0.29, 0.717) is 17.9 Å². The van der Waals surface area contributed by atoms with Gasteiger partial charge in [-0.3, -0.25) is 4.98 Å². The predicted octanol–water partition coefficient (Wildman–Crippen LogP) is 6.25. The number of nitrogens with zero attached hydrogens (tertiary/aromatic N) is 1. The summed E-state index contributed by atoms with van der Waals surface area (Å²) < 4.78 is 17.9. The van der Waals surface area contributed by atoms with Gasteiger partial charge in [0.05, 0.1) is 24.8 Å². The van der Waals surface area contributed by atoms with E-state index in [9.17, 15) is 9.90 Å². The number of methoxy groups -OCH3 is 1. The van der Waals surface area contributed by atoms with Gasteiger partial charge in [0.2, 0.25) is 0 Å². The Kier molecular flexibility index (Phi) is 5.64. The van der Waals surface area contributed by atoms with E-state index in [1.54, 1.807) is 7.11 Å². The molecule has 6 heteroatoms. The van der Waals surface area contributed by atoms with Crippen molar-refractivity contribution in [3.05, 3.63) is 65.4 Å². The van der Waals surface area contributed by atoms with Crippen LogP contribution in [-0.4, -0.2) is 35.4 Å². The van der Waals surface area contributed by atoms with Crippen molar-refractivity contribution >= 4 is 27.6 Å². The number of fused-ring (bicyclic) bond motifs is 1. The fourth-order valence-corrected chi connectivity index (χ4v) is 5.13. The van der Waals surface area contributed by atoms with Crippen molar-refractivity contribution < 1.29 is 24.1 Å². The molecule has 1 aliphatic heterocycles. The number of aliphatic carboxylic acids is 1. The SMILES string of the molecule is COc1c(C)c([C@H](OC(C)(C)C)C(=O)O)c(-c2ccc3c4c(ccnc24)CCO3)c2ccccc12. The van der Waals surface area contributed by atoms with Gasteiger partial charge in [0, 0.05) is 34.5 Å². The standard InChI is InChI=1S/C29H29NO5/c1-16-22(27(28(31)32)35-29(2,3)4)24(18-8-6-7-9-19(18)26(16)33-5)20-10-11-21-23-17(13-15-34-21)12-14-30-25(20)23/h6-12,14,27H,13,15H2,1-5H3,(H,31,32)/t27-/m0/s1. The molecule has 2 heterocycles. The van der Waals surface area contributed by atoms with E-state index >= 15 is 0 Å². The van der Waals surface area contributed by atoms with Crippen LogP contribution in [-0.2, 0) is 16.0 Å². The largest absolute Gasteiger partial charge is 0.496 e. The zero-order chi connectivity index (χ0) is 24.9. The highest BCUT2D eigenvalue weighted by molar-refractivity contribution is 6.10. The van der Waals surface area contributed by atoms with E-state index in [4.69, 9.17) is 19.2 Å². The first-order valence-electron chi connectivity index (χ1n) is 11.7. The summed E-state index contributed by atoms with van der Waals surface area (Å²) in [4.78, 5) is 17.4. The summed E-state index contributed by atoms with van der Waals surface area (Å²) in [5, 5.41) is 13.1. The molecule has 180 valence electrons. The van der Waals surface area contributed by atoms with Crippen LogP contribution in [0.25, 0.3) is 32.8 Å². The monoisotopic (exact) mass is 471 g/mol. The molecule has 0 amide bonds. The van der Waals surface area contributed by atoms with Crippen LogP contribution in [0, 0.1) is 6.92 Å². The Morgan fingerprint density at radius 2 is 1.86 bits per heavy atom. The van der Waals surface area contributed by atoms with Crippen LogP contribution in [0.4, 0.5) is 0 Å². The number of carbonyl (C=O) groups is 1. The molecule has 1 N–H and O–H groups in total. The summed E-state index contributed by atoms with van der Waals surface area (Å²) in [6.07, 6.45) is 1.41. The molecule has 4 aromatic rings. The number of rotatable bonds is 5. The summed E-state index contributed by atoms with van der Waals surface area (Å²) in [6.45, 7) is 8.10. The normalized spacial score (nSPS) is 14.1. The maximum absolute atomic E-state index is 12.7. The lowest BCUT2D eigenvalue weighted by molar-refractivity contribution is -0.160. The molecule has 0 bridgehead atoms. The Bertz CT molecular complexity index is 1460. The average molecular weight is 472 g/mol. The van der Waals surface area contributed by atoms with Gasteiger partial charge in [-0.2, -0.15) is 0 Å². The minimum atomic E-state index is -1.20. The number of pyridine rings is 1. The van der Waals surface area contributed by atoms with Crippen molar-refractivity contribution in [3.8, 4) is 22.6 Å². The van der Waals surface area contributed by atoms with E-state index in [0.717, 1.165) is 50.5 Å². The second-order valence-corrected chi connectivity index (χ2v) is 9.84. The summed E-state index contributed by atoms with van der Waals surface area (Å²) >= 11 is 0. The average Bonchev–Trinajstić information content (AvgIpc) is 2.82. The Morgan fingerprint density at radius 1 is 1.11 bits per heavy atom. The summed E-state index contributed by atoms with van der Waals surface area (Å²) in [5.41, 5.74) is 4.22. The maximum Gasteiger partial charge on any atom is 0.337 e. The molecule has 0 saturated heterocycles. The summed E-state index contributed by atoms with van der Waals surface area (Å²) in [5.74, 6) is 0.387. The van der Waals surface area contributed by atoms with Crippen molar-refractivity contribution in [2.24, 2.45) is 0 Å². The number of carboxylic acids is 1. The van der Waals surface area contributed by atoms with Crippen LogP contribution in [0.5, 0.6) is 11.5 Å². The van der Waals surface area contributed by atoms with Gasteiger partial charge < -0.3 is 19.3 Å². The minimum absolute atomic E-state index is 0.571. The molecule has 0 unspecified atom stereocenters. The molecule has 3 aromatic carbocycles. The molecular weight excluding hydrogens is 442 g/mol. The zero-order valence-corrected chi connectivity index (χ0v) is 20.6. The molecule has 0 spiro atoms. The lowest BCUT2D eigenvalue weighted by Gasteiger charge is -2.30. The molecule has 0 saturated carbocycles. The van der Waals surface area contributed by atoms with Gasteiger partial charge in [-0.25, -0.2) is 4.79 Å². The van der Waals surface area contributed by atoms with Gasteiger partial charge in [0.15, 0.2) is 6.10 Å². The highest BCUT2D eigenvalue weighted by Crippen LogP contribution is 2.48. The molecule has 5 rings (SSSR count). The molecule has 0 radical (unpaired) electrons. The Balaban J connectivity index is 1.95. The number of ether oxygens (including phenoxy) is 3. The van der Waals surface area contributed by atoms with Crippen LogP contribution in [0.2, 0.25) is 0 Å². The maximum atomic E-state index is 12.7. The molecular formula is C29H29NO5. The van der Waals surface area contributed by atoms with Gasteiger partial charge >= 0.3 is 5.97 Å². The quantitative estimate of drug-likeness (QED) is 0.371. The highest BCUT2D eigenvalue weighted by atomic mass is 16.5. The number of benzene rings is 3. The second kappa shape index (κ2) is 8.54. The first kappa shape index (κ1) is 23.1. The topological polar surface area (TPSA) is 77.9 Å². The number of hydrogen-bond donors (Lipinski definition) is 1. The Hall–Kier alpha value is -3.64. The van der Waals surface area contributed by atoms with Crippen molar-refractivity contribution in [1.82, 2.24) is 4.98 Å². The zero-order valence-electron chi connectivity index (χ0n) is 20.6. The molecule has 0 fully saturated rings. The molecule has 6 nitrogen and oxygen atoms in total. The van der Waals surface area contributed by atoms with E-state index in [1.165, 1.54) is 5.56 Å². The van der Waals surface area contributed by atoms with Crippen LogP contribution >= 0.6 is 0 Å². The highest BCUT2D eigenvalue weighted by Gasteiger charge is 2.34. The van der Waals surface area contributed by atoms with E-state index in [1.807, 2.05) is 76.4 Å². The van der Waals surface area contributed by atoms with E-state index < -0.39 is 17.7 Å². The molecule has 1 aliphatic rings. The number of aromatic nitrogens is 1. The summed E-state index contributed by atoms with van der Waals surface area (Å²) in [6, 6.07) is 13.9. The fourth-order valence-electron chi connectivity index (χ4n) is 5.13. The Labute approximate surface area is 204 Å².